The number of fused-ring (bicyclic) bond motifs is 1. The molecular weight excluding hydrogens is 393 g/mol. The highest BCUT2D eigenvalue weighted by Gasteiger charge is 2.16. The Morgan fingerprint density at radius 1 is 1.04 bits per heavy atom. The van der Waals surface area contributed by atoms with Gasteiger partial charge < -0.3 is 23.9 Å². The lowest BCUT2D eigenvalue weighted by Crippen LogP contribution is -2.10. The molecule has 0 bridgehead atoms. The third-order valence-electron chi connectivity index (χ3n) is 3.78. The summed E-state index contributed by atoms with van der Waals surface area (Å²) in [7, 11) is 0. The Labute approximate surface area is 164 Å². The van der Waals surface area contributed by atoms with Crippen LogP contribution in [0, 0.1) is 0 Å². The topological polar surface area (TPSA) is 69.9 Å². The van der Waals surface area contributed by atoms with Crippen molar-refractivity contribution >= 4 is 34.8 Å². The van der Waals surface area contributed by atoms with Gasteiger partial charge in [0.15, 0.2) is 17.3 Å². The van der Waals surface area contributed by atoms with Crippen LogP contribution < -0.4 is 19.5 Å². The molecule has 0 spiro atoms. The highest BCUT2D eigenvalue weighted by Crippen LogP contribution is 2.34. The minimum atomic E-state index is -0.388. The standard InChI is InChI=1S/C19H13Cl2NO5/c20-11-1-4-14(21)17(7-11)24-9-13-3-6-16(27-13)19(23)22-12-2-5-15-18(8-12)26-10-25-15/h1-8H,9-10H2,(H,22,23). The second kappa shape index (κ2) is 7.42. The molecule has 0 saturated heterocycles. The summed E-state index contributed by atoms with van der Waals surface area (Å²) in [5.41, 5.74) is 0.573. The van der Waals surface area contributed by atoms with Crippen molar-refractivity contribution in [1.29, 1.82) is 0 Å². The van der Waals surface area contributed by atoms with E-state index >= 15 is 0 Å². The number of ether oxygens (including phenoxy) is 3. The van der Waals surface area contributed by atoms with Crippen LogP contribution in [0.15, 0.2) is 52.9 Å². The summed E-state index contributed by atoms with van der Waals surface area (Å²) < 4.78 is 21.7. The Balaban J connectivity index is 1.40. The summed E-state index contributed by atoms with van der Waals surface area (Å²) in [5, 5.41) is 3.69. The predicted molar refractivity (Wildman–Crippen MR) is 100 cm³/mol. The number of rotatable bonds is 5. The number of furan rings is 1. The number of halogens is 2. The van der Waals surface area contributed by atoms with Crippen molar-refractivity contribution in [2.45, 2.75) is 6.61 Å². The van der Waals surface area contributed by atoms with Crippen LogP contribution in [0.2, 0.25) is 10.0 Å². The third-order valence-corrected chi connectivity index (χ3v) is 4.33. The maximum absolute atomic E-state index is 12.3. The van der Waals surface area contributed by atoms with Gasteiger partial charge in [0.25, 0.3) is 5.91 Å². The molecule has 8 heteroatoms. The molecule has 138 valence electrons. The molecule has 6 nitrogen and oxygen atoms in total. The number of anilines is 1. The number of benzene rings is 2. The summed E-state index contributed by atoms with van der Waals surface area (Å²) in [6, 6.07) is 13.3. The van der Waals surface area contributed by atoms with Gasteiger partial charge in [-0.1, -0.05) is 23.2 Å². The number of hydrogen-bond acceptors (Lipinski definition) is 5. The zero-order valence-corrected chi connectivity index (χ0v) is 15.3. The first-order chi connectivity index (χ1) is 13.1. The van der Waals surface area contributed by atoms with Crippen LogP contribution in [0.3, 0.4) is 0 Å². The first-order valence-electron chi connectivity index (χ1n) is 7.96. The zero-order valence-electron chi connectivity index (χ0n) is 13.8. The lowest BCUT2D eigenvalue weighted by Gasteiger charge is -2.07. The SMILES string of the molecule is O=C(Nc1ccc2c(c1)OCO2)c1ccc(COc2cc(Cl)ccc2Cl)o1. The average molecular weight is 406 g/mol. The number of amides is 1. The molecule has 0 unspecified atom stereocenters. The normalized spacial score (nSPS) is 12.1. The zero-order chi connectivity index (χ0) is 18.8. The lowest BCUT2D eigenvalue weighted by molar-refractivity contribution is 0.0992. The van der Waals surface area contributed by atoms with E-state index in [-0.39, 0.29) is 25.1 Å². The van der Waals surface area contributed by atoms with Crippen molar-refractivity contribution < 1.29 is 23.4 Å². The first kappa shape index (κ1) is 17.6. The van der Waals surface area contributed by atoms with Gasteiger partial charge in [0.1, 0.15) is 18.1 Å². The Bertz CT molecular complexity index is 1000. The molecule has 27 heavy (non-hydrogen) atoms. The van der Waals surface area contributed by atoms with Gasteiger partial charge in [-0.25, -0.2) is 0 Å². The van der Waals surface area contributed by atoms with Crippen LogP contribution in [0.25, 0.3) is 0 Å². The van der Waals surface area contributed by atoms with Crippen molar-refractivity contribution in [2.75, 3.05) is 12.1 Å². The van der Waals surface area contributed by atoms with E-state index in [0.29, 0.717) is 38.7 Å². The quantitative estimate of drug-likeness (QED) is 0.635. The Kier molecular flexibility index (Phi) is 4.83. The van der Waals surface area contributed by atoms with E-state index in [9.17, 15) is 4.79 Å². The highest BCUT2D eigenvalue weighted by molar-refractivity contribution is 6.34. The van der Waals surface area contributed by atoms with Gasteiger partial charge in [0, 0.05) is 22.8 Å². The minimum Gasteiger partial charge on any atom is -0.484 e. The monoisotopic (exact) mass is 405 g/mol. The number of carbonyl (C=O) groups is 1. The molecule has 2 heterocycles. The van der Waals surface area contributed by atoms with Crippen LogP contribution in [0.5, 0.6) is 17.2 Å². The molecule has 3 aromatic rings. The van der Waals surface area contributed by atoms with Gasteiger partial charge in [-0.2, -0.15) is 0 Å². The summed E-state index contributed by atoms with van der Waals surface area (Å²) in [5.74, 6) is 1.91. The summed E-state index contributed by atoms with van der Waals surface area (Å²) in [6.07, 6.45) is 0. The largest absolute Gasteiger partial charge is 0.484 e. The van der Waals surface area contributed by atoms with Crippen LogP contribution in [0.4, 0.5) is 5.69 Å². The summed E-state index contributed by atoms with van der Waals surface area (Å²) >= 11 is 12.0. The van der Waals surface area contributed by atoms with E-state index < -0.39 is 0 Å². The van der Waals surface area contributed by atoms with Crippen LogP contribution in [-0.2, 0) is 6.61 Å². The predicted octanol–water partition coefficient (Wildman–Crippen LogP) is 5.15. The number of nitrogens with one attached hydrogen (secondary N) is 1. The third kappa shape index (κ3) is 3.97. The van der Waals surface area contributed by atoms with Crippen molar-refractivity contribution in [3.05, 3.63) is 70.1 Å². The van der Waals surface area contributed by atoms with E-state index in [1.54, 1.807) is 48.5 Å². The molecule has 1 amide bonds. The lowest BCUT2D eigenvalue weighted by atomic mass is 10.2. The van der Waals surface area contributed by atoms with E-state index in [0.717, 1.165) is 0 Å². The molecule has 1 aliphatic rings. The van der Waals surface area contributed by atoms with Gasteiger partial charge in [-0.05, 0) is 36.4 Å². The van der Waals surface area contributed by atoms with E-state index in [1.165, 1.54) is 0 Å². The fourth-order valence-electron chi connectivity index (χ4n) is 2.48. The van der Waals surface area contributed by atoms with E-state index in [2.05, 4.69) is 5.32 Å². The molecular formula is C19H13Cl2NO5. The fraction of sp³-hybridized carbons (Fsp3) is 0.105. The van der Waals surface area contributed by atoms with Crippen molar-refractivity contribution in [1.82, 2.24) is 0 Å². The second-order valence-electron chi connectivity index (χ2n) is 5.65. The molecule has 0 fully saturated rings. The number of carbonyl (C=O) groups excluding carboxylic acids is 1. The van der Waals surface area contributed by atoms with Gasteiger partial charge in [0.2, 0.25) is 6.79 Å². The van der Waals surface area contributed by atoms with Gasteiger partial charge in [0.05, 0.1) is 5.02 Å². The molecule has 1 aliphatic heterocycles. The van der Waals surface area contributed by atoms with E-state index in [1.807, 2.05) is 0 Å². The Morgan fingerprint density at radius 3 is 2.78 bits per heavy atom. The van der Waals surface area contributed by atoms with Crippen LogP contribution in [-0.4, -0.2) is 12.7 Å². The van der Waals surface area contributed by atoms with Gasteiger partial charge in [-0.3, -0.25) is 4.79 Å². The second-order valence-corrected chi connectivity index (χ2v) is 6.50. The molecule has 4 rings (SSSR count). The van der Waals surface area contributed by atoms with Crippen molar-refractivity contribution in [3.8, 4) is 17.2 Å². The molecule has 0 atom stereocenters. The van der Waals surface area contributed by atoms with Gasteiger partial charge in [-0.15, -0.1) is 0 Å². The molecule has 1 aromatic heterocycles. The van der Waals surface area contributed by atoms with E-state index in [4.69, 9.17) is 41.8 Å². The van der Waals surface area contributed by atoms with Crippen LogP contribution in [0.1, 0.15) is 16.3 Å². The fourth-order valence-corrected chi connectivity index (χ4v) is 2.82. The Morgan fingerprint density at radius 2 is 1.89 bits per heavy atom. The molecule has 0 radical (unpaired) electrons. The first-order valence-corrected chi connectivity index (χ1v) is 8.71. The molecule has 0 aliphatic carbocycles. The molecule has 1 N–H and O–H groups in total. The average Bonchev–Trinajstić information content (AvgIpc) is 3.31. The Hall–Kier alpha value is -2.83. The molecule has 2 aromatic carbocycles. The minimum absolute atomic E-state index is 0.108. The summed E-state index contributed by atoms with van der Waals surface area (Å²) in [6.45, 7) is 0.280. The molecule has 0 saturated carbocycles. The van der Waals surface area contributed by atoms with Crippen molar-refractivity contribution in [3.63, 3.8) is 0 Å². The highest BCUT2D eigenvalue weighted by atomic mass is 35.5. The maximum Gasteiger partial charge on any atom is 0.291 e. The van der Waals surface area contributed by atoms with Gasteiger partial charge >= 0.3 is 0 Å². The smallest absolute Gasteiger partial charge is 0.291 e. The number of hydrogen-bond donors (Lipinski definition) is 1. The maximum atomic E-state index is 12.3. The van der Waals surface area contributed by atoms with Crippen molar-refractivity contribution in [2.24, 2.45) is 0 Å². The van der Waals surface area contributed by atoms with Crippen LogP contribution >= 0.6 is 23.2 Å². The summed E-state index contributed by atoms with van der Waals surface area (Å²) in [4.78, 5) is 12.3.